The molecule has 0 aromatic carbocycles. The van der Waals surface area contributed by atoms with Crippen LogP contribution in [0.1, 0.15) is 155 Å². The number of aliphatic hydroxyl groups excluding tert-OH is 2. The molecule has 0 radical (unpaired) electrons. The molecular weight excluding hydrogens is 528 g/mol. The Kier molecular flexibility index (Phi) is 30.5. The van der Waals surface area contributed by atoms with Gasteiger partial charge in [-0.25, -0.2) is 0 Å². The summed E-state index contributed by atoms with van der Waals surface area (Å²) in [6.45, 7) is 4.05. The number of hydrogen-bond acceptors (Lipinski definition) is 6. The Hall–Kier alpha value is -1.92. The zero-order chi connectivity index (χ0) is 30.9. The summed E-state index contributed by atoms with van der Waals surface area (Å²) < 4.78 is 10.3. The second kappa shape index (κ2) is 32.0. The molecule has 0 heterocycles. The normalized spacial score (nSPS) is 13.3. The molecule has 0 aliphatic heterocycles. The summed E-state index contributed by atoms with van der Waals surface area (Å²) in [5.41, 5.74) is 0. The number of aliphatic hydroxyl groups is 2. The highest BCUT2D eigenvalue weighted by Crippen LogP contribution is 2.13. The summed E-state index contributed by atoms with van der Waals surface area (Å²) in [5.74, 6) is -0.618. The first kappa shape index (κ1) is 40.1. The van der Waals surface area contributed by atoms with Crippen LogP contribution in [0, 0.1) is 0 Å². The van der Waals surface area contributed by atoms with E-state index in [0.717, 1.165) is 64.2 Å². The lowest BCUT2D eigenvalue weighted by molar-refractivity contribution is -0.152. The maximum atomic E-state index is 11.9. The van der Waals surface area contributed by atoms with Crippen LogP contribution in [0.5, 0.6) is 0 Å². The van der Waals surface area contributed by atoms with E-state index in [1.54, 1.807) is 0 Å². The van der Waals surface area contributed by atoms with Gasteiger partial charge < -0.3 is 19.7 Å². The third-order valence-corrected chi connectivity index (χ3v) is 7.22. The van der Waals surface area contributed by atoms with Crippen molar-refractivity contribution in [3.8, 4) is 0 Å². The highest BCUT2D eigenvalue weighted by molar-refractivity contribution is 5.69. The number of allylic oxidation sites excluding steroid dienone is 4. The highest BCUT2D eigenvalue weighted by Gasteiger charge is 2.12. The molecule has 0 aromatic heterocycles. The fourth-order valence-corrected chi connectivity index (χ4v) is 4.59. The molecule has 0 amide bonds. The van der Waals surface area contributed by atoms with E-state index in [2.05, 4.69) is 26.0 Å². The van der Waals surface area contributed by atoms with Crippen LogP contribution in [0.4, 0.5) is 0 Å². The average molecular weight is 593 g/mol. The van der Waals surface area contributed by atoms with E-state index in [0.29, 0.717) is 19.3 Å². The van der Waals surface area contributed by atoms with Gasteiger partial charge in [0.1, 0.15) is 19.3 Å². The smallest absolute Gasteiger partial charge is 0.305 e. The first-order valence-electron chi connectivity index (χ1n) is 17.1. The highest BCUT2D eigenvalue weighted by atomic mass is 16.6. The van der Waals surface area contributed by atoms with E-state index in [1.165, 1.54) is 57.8 Å². The zero-order valence-electron chi connectivity index (χ0n) is 27.1. The zero-order valence-corrected chi connectivity index (χ0v) is 27.1. The Morgan fingerprint density at radius 1 is 0.595 bits per heavy atom. The standard InChI is InChI=1S/C36H64O6/c1-3-5-7-8-9-10-11-12-15-18-21-25-29-35(39)41-31-34(38)32-42-36(40)30-26-22-19-16-13-14-17-20-24-28-33(37)27-23-6-4-2/h6,17,20,23-24,28,33-34,37-38H,3-5,7-16,18-19,21-22,25-27,29-32H2,1-2H3/b20-17+,23-6+,28-24+/t33?,34-/m1/s1. The number of rotatable bonds is 30. The second-order valence-electron chi connectivity index (χ2n) is 11.5. The van der Waals surface area contributed by atoms with Crippen LogP contribution in [0.25, 0.3) is 0 Å². The van der Waals surface area contributed by atoms with Crippen LogP contribution in [-0.2, 0) is 19.1 Å². The minimum Gasteiger partial charge on any atom is -0.463 e. The van der Waals surface area contributed by atoms with E-state index in [1.807, 2.05) is 24.3 Å². The second-order valence-corrected chi connectivity index (χ2v) is 11.5. The lowest BCUT2D eigenvalue weighted by atomic mass is 10.0. The van der Waals surface area contributed by atoms with Crippen molar-refractivity contribution in [3.05, 3.63) is 36.5 Å². The Morgan fingerprint density at radius 3 is 1.57 bits per heavy atom. The van der Waals surface area contributed by atoms with Gasteiger partial charge in [-0.3, -0.25) is 9.59 Å². The quantitative estimate of drug-likeness (QED) is 0.0374. The molecule has 0 saturated carbocycles. The van der Waals surface area contributed by atoms with E-state index < -0.39 is 12.2 Å². The average Bonchev–Trinajstić information content (AvgIpc) is 2.98. The molecule has 0 fully saturated rings. The van der Waals surface area contributed by atoms with Crippen molar-refractivity contribution < 1.29 is 29.3 Å². The van der Waals surface area contributed by atoms with Gasteiger partial charge in [0.05, 0.1) is 6.10 Å². The molecule has 6 heteroatoms. The van der Waals surface area contributed by atoms with E-state index in [4.69, 9.17) is 9.47 Å². The van der Waals surface area contributed by atoms with Crippen molar-refractivity contribution in [2.24, 2.45) is 0 Å². The van der Waals surface area contributed by atoms with Crippen molar-refractivity contribution in [1.82, 2.24) is 0 Å². The number of esters is 2. The molecule has 0 saturated heterocycles. The van der Waals surface area contributed by atoms with Gasteiger partial charge in [0, 0.05) is 12.8 Å². The fraction of sp³-hybridized carbons (Fsp3) is 0.778. The summed E-state index contributed by atoms with van der Waals surface area (Å²) in [5, 5.41) is 19.7. The van der Waals surface area contributed by atoms with Gasteiger partial charge in [0.2, 0.25) is 0 Å². The van der Waals surface area contributed by atoms with E-state index in [-0.39, 0.29) is 25.2 Å². The molecule has 0 spiro atoms. The maximum Gasteiger partial charge on any atom is 0.305 e. The summed E-state index contributed by atoms with van der Waals surface area (Å²) >= 11 is 0. The summed E-state index contributed by atoms with van der Waals surface area (Å²) in [4.78, 5) is 23.8. The van der Waals surface area contributed by atoms with Gasteiger partial charge in [0.25, 0.3) is 0 Å². The Bertz CT molecular complexity index is 699. The monoisotopic (exact) mass is 592 g/mol. The molecule has 244 valence electrons. The predicted octanol–water partition coefficient (Wildman–Crippen LogP) is 9.09. The van der Waals surface area contributed by atoms with E-state index in [9.17, 15) is 19.8 Å². The largest absolute Gasteiger partial charge is 0.463 e. The number of hydrogen-bond donors (Lipinski definition) is 2. The van der Waals surface area contributed by atoms with Crippen LogP contribution in [-0.4, -0.2) is 47.6 Å². The molecule has 1 unspecified atom stereocenters. The number of unbranched alkanes of at least 4 members (excludes halogenated alkanes) is 16. The molecule has 42 heavy (non-hydrogen) atoms. The first-order chi connectivity index (χ1) is 20.5. The molecule has 0 rings (SSSR count). The van der Waals surface area contributed by atoms with Crippen molar-refractivity contribution in [3.63, 3.8) is 0 Å². The molecular formula is C36H64O6. The van der Waals surface area contributed by atoms with Crippen LogP contribution < -0.4 is 0 Å². The van der Waals surface area contributed by atoms with Crippen LogP contribution in [0.2, 0.25) is 0 Å². The first-order valence-corrected chi connectivity index (χ1v) is 17.1. The fourth-order valence-electron chi connectivity index (χ4n) is 4.59. The predicted molar refractivity (Wildman–Crippen MR) is 174 cm³/mol. The van der Waals surface area contributed by atoms with Crippen LogP contribution in [0.3, 0.4) is 0 Å². The number of carbonyl (C=O) groups excluding carboxylic acids is 2. The number of ether oxygens (including phenoxy) is 2. The molecule has 6 nitrogen and oxygen atoms in total. The summed E-state index contributed by atoms with van der Waals surface area (Å²) in [6.07, 6.45) is 33.8. The summed E-state index contributed by atoms with van der Waals surface area (Å²) in [6, 6.07) is 0. The van der Waals surface area contributed by atoms with E-state index >= 15 is 0 Å². The van der Waals surface area contributed by atoms with Gasteiger partial charge >= 0.3 is 11.9 Å². The van der Waals surface area contributed by atoms with Crippen LogP contribution >= 0.6 is 0 Å². The Balaban J connectivity index is 3.53. The SMILES string of the molecule is CC/C=C/CC(O)/C=C/C=C/CCCCCCCC(=O)OC[C@H](O)COC(=O)CCCCCCCCCCCCCC. The van der Waals surface area contributed by atoms with Gasteiger partial charge in [-0.2, -0.15) is 0 Å². The summed E-state index contributed by atoms with van der Waals surface area (Å²) in [7, 11) is 0. The van der Waals surface area contributed by atoms with Gasteiger partial charge in [-0.05, 0) is 38.5 Å². The molecule has 0 aliphatic carbocycles. The maximum absolute atomic E-state index is 11.9. The van der Waals surface area contributed by atoms with Crippen LogP contribution in [0.15, 0.2) is 36.5 Å². The topological polar surface area (TPSA) is 93.1 Å². The molecule has 0 aromatic rings. The van der Waals surface area contributed by atoms with Gasteiger partial charge in [-0.15, -0.1) is 0 Å². The molecule has 0 bridgehead atoms. The lowest BCUT2D eigenvalue weighted by Gasteiger charge is -2.12. The Morgan fingerprint density at radius 2 is 1.07 bits per heavy atom. The number of carbonyl (C=O) groups is 2. The van der Waals surface area contributed by atoms with Gasteiger partial charge in [-0.1, -0.05) is 140 Å². The third-order valence-electron chi connectivity index (χ3n) is 7.22. The minimum absolute atomic E-state index is 0.133. The lowest BCUT2D eigenvalue weighted by Crippen LogP contribution is -2.25. The van der Waals surface area contributed by atoms with Crippen molar-refractivity contribution in [2.45, 2.75) is 167 Å². The molecule has 2 atom stereocenters. The minimum atomic E-state index is -0.982. The van der Waals surface area contributed by atoms with Crippen molar-refractivity contribution in [2.75, 3.05) is 13.2 Å². The molecule has 0 aliphatic rings. The van der Waals surface area contributed by atoms with Crippen molar-refractivity contribution in [1.29, 1.82) is 0 Å². The van der Waals surface area contributed by atoms with Gasteiger partial charge in [0.15, 0.2) is 0 Å². The Labute approximate surface area is 258 Å². The third kappa shape index (κ3) is 31.0. The van der Waals surface area contributed by atoms with Crippen molar-refractivity contribution >= 4 is 11.9 Å². The molecule has 2 N–H and O–H groups in total.